The molecule has 28 heavy (non-hydrogen) atoms. The average Bonchev–Trinajstić information content (AvgIpc) is 3.10. The fraction of sp³-hybridized carbons (Fsp3) is 0.333. The average molecular weight is 374 g/mol. The van der Waals surface area contributed by atoms with Crippen molar-refractivity contribution in [3.8, 4) is 0 Å². The van der Waals surface area contributed by atoms with Crippen LogP contribution in [0.5, 0.6) is 0 Å². The lowest BCUT2D eigenvalue weighted by Crippen LogP contribution is -2.44. The number of likely N-dealkylation sites (tertiary alicyclic amines) is 1. The van der Waals surface area contributed by atoms with Gasteiger partial charge in [-0.25, -0.2) is 5.01 Å². The number of nitrogens with zero attached hydrogens (tertiary/aromatic N) is 3. The zero-order valence-electron chi connectivity index (χ0n) is 16.6. The van der Waals surface area contributed by atoms with Crippen molar-refractivity contribution in [3.05, 3.63) is 77.4 Å². The van der Waals surface area contributed by atoms with E-state index in [4.69, 9.17) is 5.10 Å². The third-order valence-corrected chi connectivity index (χ3v) is 5.53. The number of amides is 1. The predicted octanol–water partition coefficient (Wildman–Crippen LogP) is 4.37. The Morgan fingerprint density at radius 1 is 1.11 bits per heavy atom. The number of fused-ring (bicyclic) bond motifs is 1. The van der Waals surface area contributed by atoms with Crippen molar-refractivity contribution in [2.75, 3.05) is 19.6 Å². The summed E-state index contributed by atoms with van der Waals surface area (Å²) in [6.45, 7) is 6.70. The minimum atomic E-state index is -0.0347. The molecule has 2 heterocycles. The molecule has 0 radical (unpaired) electrons. The van der Waals surface area contributed by atoms with E-state index in [0.717, 1.165) is 37.3 Å². The Morgan fingerprint density at radius 3 is 2.43 bits per heavy atom. The van der Waals surface area contributed by atoms with Crippen molar-refractivity contribution in [2.24, 2.45) is 11.0 Å². The van der Waals surface area contributed by atoms with Gasteiger partial charge in [-0.1, -0.05) is 67.6 Å². The lowest BCUT2D eigenvalue weighted by molar-refractivity contribution is -0.131. The topological polar surface area (TPSA) is 35.9 Å². The highest BCUT2D eigenvalue weighted by Crippen LogP contribution is 2.40. The fourth-order valence-corrected chi connectivity index (χ4v) is 4.37. The van der Waals surface area contributed by atoms with Crippen molar-refractivity contribution in [3.63, 3.8) is 0 Å². The largest absolute Gasteiger partial charge is 0.298 e. The van der Waals surface area contributed by atoms with Crippen molar-refractivity contribution < 1.29 is 4.79 Å². The molecule has 0 aromatic heterocycles. The van der Waals surface area contributed by atoms with Crippen LogP contribution in [0.15, 0.2) is 71.3 Å². The molecule has 4 rings (SSSR count). The van der Waals surface area contributed by atoms with E-state index < -0.39 is 0 Å². The number of carbonyl (C=O) groups is 1. The van der Waals surface area contributed by atoms with Gasteiger partial charge in [0.1, 0.15) is 0 Å². The number of piperidine rings is 1. The SMILES string of the molecule is CCCN1C/C(=C/c2ccccc2)C2=NN(C(C)=O)C(c3ccccc3)C2C1. The lowest BCUT2D eigenvalue weighted by atomic mass is 9.83. The molecule has 4 nitrogen and oxygen atoms in total. The Balaban J connectivity index is 1.77. The van der Waals surface area contributed by atoms with Gasteiger partial charge in [0, 0.05) is 25.9 Å². The minimum absolute atomic E-state index is 0.00291. The van der Waals surface area contributed by atoms with E-state index in [9.17, 15) is 4.79 Å². The molecule has 2 unspecified atom stereocenters. The monoisotopic (exact) mass is 373 g/mol. The van der Waals surface area contributed by atoms with Crippen LogP contribution in [0, 0.1) is 5.92 Å². The van der Waals surface area contributed by atoms with Gasteiger partial charge in [0.05, 0.1) is 11.8 Å². The summed E-state index contributed by atoms with van der Waals surface area (Å²) in [6, 6.07) is 20.7. The molecule has 2 aliphatic heterocycles. The Hall–Kier alpha value is -2.72. The normalized spacial score (nSPS) is 23.6. The summed E-state index contributed by atoms with van der Waals surface area (Å²) < 4.78 is 0. The van der Waals surface area contributed by atoms with Gasteiger partial charge in [0.15, 0.2) is 0 Å². The molecular formula is C24H27N3O. The van der Waals surface area contributed by atoms with Gasteiger partial charge in [-0.3, -0.25) is 9.69 Å². The van der Waals surface area contributed by atoms with Gasteiger partial charge in [0.2, 0.25) is 5.91 Å². The van der Waals surface area contributed by atoms with E-state index in [0.29, 0.717) is 0 Å². The summed E-state index contributed by atoms with van der Waals surface area (Å²) in [4.78, 5) is 14.9. The molecule has 0 aliphatic carbocycles. The van der Waals surface area contributed by atoms with Gasteiger partial charge in [-0.05, 0) is 35.7 Å². The quantitative estimate of drug-likeness (QED) is 0.798. The number of carbonyl (C=O) groups excluding carboxylic acids is 1. The molecule has 2 aromatic rings. The van der Waals surface area contributed by atoms with Crippen LogP contribution >= 0.6 is 0 Å². The number of hydrogen-bond donors (Lipinski definition) is 0. The van der Waals surface area contributed by atoms with Crippen LogP contribution in [0.25, 0.3) is 6.08 Å². The Morgan fingerprint density at radius 2 is 1.79 bits per heavy atom. The third kappa shape index (κ3) is 3.65. The Kier molecular flexibility index (Phi) is 5.40. The van der Waals surface area contributed by atoms with Crippen LogP contribution in [-0.2, 0) is 4.79 Å². The first-order valence-electron chi connectivity index (χ1n) is 10.1. The molecule has 2 aliphatic rings. The van der Waals surface area contributed by atoms with Crippen molar-refractivity contribution in [2.45, 2.75) is 26.3 Å². The molecule has 2 atom stereocenters. The highest BCUT2D eigenvalue weighted by Gasteiger charge is 2.44. The molecule has 4 heteroatoms. The van der Waals surface area contributed by atoms with E-state index in [2.05, 4.69) is 54.3 Å². The van der Waals surface area contributed by atoms with Gasteiger partial charge >= 0.3 is 0 Å². The van der Waals surface area contributed by atoms with Gasteiger partial charge in [0.25, 0.3) is 0 Å². The van der Waals surface area contributed by atoms with E-state index in [1.165, 1.54) is 11.1 Å². The molecule has 0 bridgehead atoms. The molecular weight excluding hydrogens is 346 g/mol. The summed E-state index contributed by atoms with van der Waals surface area (Å²) >= 11 is 0. The lowest BCUT2D eigenvalue weighted by Gasteiger charge is -2.36. The maximum Gasteiger partial charge on any atom is 0.240 e. The smallest absolute Gasteiger partial charge is 0.240 e. The van der Waals surface area contributed by atoms with Gasteiger partial charge < -0.3 is 0 Å². The van der Waals surface area contributed by atoms with Crippen LogP contribution in [0.3, 0.4) is 0 Å². The zero-order chi connectivity index (χ0) is 19.5. The predicted molar refractivity (Wildman–Crippen MR) is 114 cm³/mol. The van der Waals surface area contributed by atoms with Crippen molar-refractivity contribution >= 4 is 17.7 Å². The first-order chi connectivity index (χ1) is 13.7. The number of hydrogen-bond acceptors (Lipinski definition) is 3. The maximum absolute atomic E-state index is 12.4. The maximum atomic E-state index is 12.4. The molecule has 0 spiro atoms. The fourth-order valence-electron chi connectivity index (χ4n) is 4.37. The summed E-state index contributed by atoms with van der Waals surface area (Å²) in [5.41, 5.74) is 4.62. The molecule has 0 saturated carbocycles. The first kappa shape index (κ1) is 18.6. The summed E-state index contributed by atoms with van der Waals surface area (Å²) in [6.07, 6.45) is 3.35. The highest BCUT2D eigenvalue weighted by atomic mass is 16.2. The van der Waals surface area contributed by atoms with Gasteiger partial charge in [-0.2, -0.15) is 5.10 Å². The van der Waals surface area contributed by atoms with Crippen LogP contribution < -0.4 is 0 Å². The zero-order valence-corrected chi connectivity index (χ0v) is 16.6. The molecule has 144 valence electrons. The first-order valence-corrected chi connectivity index (χ1v) is 10.1. The van der Waals surface area contributed by atoms with Crippen molar-refractivity contribution in [1.82, 2.24) is 9.91 Å². The van der Waals surface area contributed by atoms with E-state index in [1.807, 2.05) is 24.3 Å². The number of benzene rings is 2. The number of rotatable bonds is 4. The van der Waals surface area contributed by atoms with Crippen LogP contribution in [0.2, 0.25) is 0 Å². The van der Waals surface area contributed by atoms with Crippen LogP contribution in [-0.4, -0.2) is 41.2 Å². The van der Waals surface area contributed by atoms with Gasteiger partial charge in [-0.15, -0.1) is 0 Å². The Labute approximate surface area is 167 Å². The van der Waals surface area contributed by atoms with Crippen LogP contribution in [0.4, 0.5) is 0 Å². The van der Waals surface area contributed by atoms with E-state index in [1.54, 1.807) is 11.9 Å². The second-order valence-electron chi connectivity index (χ2n) is 7.63. The molecule has 1 saturated heterocycles. The molecule has 1 amide bonds. The third-order valence-electron chi connectivity index (χ3n) is 5.53. The molecule has 0 N–H and O–H groups in total. The highest BCUT2D eigenvalue weighted by molar-refractivity contribution is 6.08. The van der Waals surface area contributed by atoms with Crippen LogP contribution in [0.1, 0.15) is 37.4 Å². The summed E-state index contributed by atoms with van der Waals surface area (Å²) in [5, 5.41) is 6.54. The summed E-state index contributed by atoms with van der Waals surface area (Å²) in [5.74, 6) is 0.193. The Bertz CT molecular complexity index is 889. The second-order valence-corrected chi connectivity index (χ2v) is 7.63. The van der Waals surface area contributed by atoms with E-state index >= 15 is 0 Å². The summed E-state index contributed by atoms with van der Waals surface area (Å²) in [7, 11) is 0. The molecule has 2 aromatic carbocycles. The second kappa shape index (κ2) is 8.11. The molecule has 1 fully saturated rings. The number of hydrazone groups is 1. The van der Waals surface area contributed by atoms with Crippen molar-refractivity contribution in [1.29, 1.82) is 0 Å². The minimum Gasteiger partial charge on any atom is -0.298 e. The standard InChI is InChI=1S/C24H27N3O/c1-3-14-26-16-21(15-19-10-6-4-7-11-19)23-22(17-26)24(27(25-23)18(2)28)20-12-8-5-9-13-20/h4-13,15,22,24H,3,14,16-17H2,1-2H3/b21-15-. The van der Waals surface area contributed by atoms with E-state index in [-0.39, 0.29) is 17.9 Å².